The minimum absolute atomic E-state index is 0.218. The maximum absolute atomic E-state index is 11.8. The van der Waals surface area contributed by atoms with Crippen LogP contribution in [0.2, 0.25) is 0 Å². The average Bonchev–Trinajstić information content (AvgIpc) is 2.45. The van der Waals surface area contributed by atoms with Gasteiger partial charge in [0.15, 0.2) is 0 Å². The Morgan fingerprint density at radius 3 is 2.89 bits per heavy atom. The van der Waals surface area contributed by atoms with Gasteiger partial charge in [0, 0.05) is 5.57 Å². The van der Waals surface area contributed by atoms with E-state index in [0.717, 1.165) is 0 Å². The number of fused-ring (bicyclic) bond motifs is 1. The maximum Gasteiger partial charge on any atom is 0.352 e. The number of hydrogen-bond acceptors (Lipinski definition) is 5. The van der Waals surface area contributed by atoms with Gasteiger partial charge < -0.3 is 14.2 Å². The minimum atomic E-state index is -1.02. The highest BCUT2D eigenvalue weighted by molar-refractivity contribution is 5.96. The van der Waals surface area contributed by atoms with E-state index in [1.807, 2.05) is 0 Å². The molecule has 0 spiro atoms. The van der Waals surface area contributed by atoms with Gasteiger partial charge in [-0.25, -0.2) is 4.79 Å². The molecule has 0 fully saturated rings. The van der Waals surface area contributed by atoms with Gasteiger partial charge in [-0.15, -0.1) is 0 Å². The number of hydrogen-bond donors (Lipinski definition) is 0. The Morgan fingerprint density at radius 1 is 1.47 bits per heavy atom. The second-order valence-electron chi connectivity index (χ2n) is 3.88. The summed E-state index contributed by atoms with van der Waals surface area (Å²) in [6.45, 7) is 1.93. The van der Waals surface area contributed by atoms with Crippen LogP contribution in [0.3, 0.4) is 0 Å². The largest absolute Gasteiger partial charge is 0.496 e. The summed E-state index contributed by atoms with van der Waals surface area (Å²) in [5.74, 6) is 0.497. The number of aldehydes is 1. The molecule has 1 atom stereocenters. The van der Waals surface area contributed by atoms with Crippen molar-refractivity contribution in [2.75, 3.05) is 13.7 Å². The van der Waals surface area contributed by atoms with Crippen LogP contribution in [0.1, 0.15) is 12.5 Å². The number of esters is 1. The van der Waals surface area contributed by atoms with Crippen molar-refractivity contribution < 1.29 is 23.8 Å². The van der Waals surface area contributed by atoms with Gasteiger partial charge in [0.25, 0.3) is 0 Å². The van der Waals surface area contributed by atoms with Crippen LogP contribution in [0.15, 0.2) is 23.8 Å². The van der Waals surface area contributed by atoms with Crippen LogP contribution < -0.4 is 9.47 Å². The highest BCUT2D eigenvalue weighted by Gasteiger charge is 2.31. The van der Waals surface area contributed by atoms with Crippen LogP contribution >= 0.6 is 0 Å². The van der Waals surface area contributed by atoms with Crippen molar-refractivity contribution in [3.63, 3.8) is 0 Å². The molecule has 5 nitrogen and oxygen atoms in total. The zero-order valence-corrected chi connectivity index (χ0v) is 10.7. The molecule has 0 radical (unpaired) electrons. The molecule has 0 saturated carbocycles. The molecule has 19 heavy (non-hydrogen) atoms. The smallest absolute Gasteiger partial charge is 0.352 e. The van der Waals surface area contributed by atoms with Gasteiger partial charge in [0.2, 0.25) is 6.10 Å². The lowest BCUT2D eigenvalue weighted by molar-refractivity contribution is -0.150. The number of benzene rings is 1. The molecule has 0 bridgehead atoms. The molecule has 1 aliphatic heterocycles. The van der Waals surface area contributed by atoms with Gasteiger partial charge in [-0.1, -0.05) is 6.07 Å². The van der Waals surface area contributed by atoms with Crippen LogP contribution in [0.5, 0.6) is 11.5 Å². The third-order valence-corrected chi connectivity index (χ3v) is 2.74. The van der Waals surface area contributed by atoms with Crippen molar-refractivity contribution >= 4 is 18.3 Å². The topological polar surface area (TPSA) is 61.8 Å². The number of rotatable bonds is 4. The summed E-state index contributed by atoms with van der Waals surface area (Å²) in [5, 5.41) is 0. The van der Waals surface area contributed by atoms with E-state index >= 15 is 0 Å². The van der Waals surface area contributed by atoms with Crippen LogP contribution in [0.4, 0.5) is 0 Å². The van der Waals surface area contributed by atoms with E-state index in [-0.39, 0.29) is 12.2 Å². The minimum Gasteiger partial charge on any atom is -0.496 e. The predicted octanol–water partition coefficient (Wildman–Crippen LogP) is 1.60. The first kappa shape index (κ1) is 13.1. The van der Waals surface area contributed by atoms with E-state index in [0.29, 0.717) is 23.3 Å². The molecule has 1 aromatic carbocycles. The summed E-state index contributed by atoms with van der Waals surface area (Å²) < 4.78 is 15.6. The standard InChI is InChI=1S/C14H14O5/c1-3-18-14(16)13-9(8-15)7-10-11(17-2)5-4-6-12(10)19-13/h4-8,13H,3H2,1-2H3/t13-/m0/s1. The quantitative estimate of drug-likeness (QED) is 0.609. The number of carbonyl (C=O) groups is 2. The lowest BCUT2D eigenvalue weighted by atomic mass is 10.0. The Balaban J connectivity index is 2.42. The third-order valence-electron chi connectivity index (χ3n) is 2.74. The fraction of sp³-hybridized carbons (Fsp3) is 0.286. The molecule has 0 unspecified atom stereocenters. The van der Waals surface area contributed by atoms with Crippen molar-refractivity contribution in [1.82, 2.24) is 0 Å². The molecule has 1 heterocycles. The Hall–Kier alpha value is -2.30. The molecule has 1 aromatic rings. The second-order valence-corrected chi connectivity index (χ2v) is 3.88. The molecule has 100 valence electrons. The van der Waals surface area contributed by atoms with Crippen LogP contribution in [0.25, 0.3) is 6.08 Å². The Morgan fingerprint density at radius 2 is 2.26 bits per heavy atom. The van der Waals surface area contributed by atoms with Crippen molar-refractivity contribution in [2.45, 2.75) is 13.0 Å². The summed E-state index contributed by atoms with van der Waals surface area (Å²) >= 11 is 0. The first-order valence-corrected chi connectivity index (χ1v) is 5.88. The Bertz CT molecular complexity index is 533. The third kappa shape index (κ3) is 2.45. The first-order valence-electron chi connectivity index (χ1n) is 5.88. The van der Waals surface area contributed by atoms with E-state index in [2.05, 4.69) is 0 Å². The van der Waals surface area contributed by atoms with Crippen molar-refractivity contribution in [3.8, 4) is 11.5 Å². The number of ether oxygens (including phenoxy) is 3. The average molecular weight is 262 g/mol. The van der Waals surface area contributed by atoms with Gasteiger partial charge in [-0.2, -0.15) is 0 Å². The van der Waals surface area contributed by atoms with Gasteiger partial charge >= 0.3 is 5.97 Å². The molecule has 0 aromatic heterocycles. The highest BCUT2D eigenvalue weighted by atomic mass is 16.6. The fourth-order valence-corrected chi connectivity index (χ4v) is 1.88. The number of carbonyl (C=O) groups excluding carboxylic acids is 2. The summed E-state index contributed by atoms with van der Waals surface area (Å²) in [5.41, 5.74) is 0.864. The van der Waals surface area contributed by atoms with Crippen molar-refractivity contribution in [3.05, 3.63) is 29.3 Å². The molecule has 1 aliphatic rings. The molecule has 0 aliphatic carbocycles. The predicted molar refractivity (Wildman–Crippen MR) is 68.1 cm³/mol. The lowest BCUT2D eigenvalue weighted by Crippen LogP contribution is -2.34. The van der Waals surface area contributed by atoms with E-state index in [9.17, 15) is 9.59 Å². The van der Waals surface area contributed by atoms with Gasteiger partial charge in [0.1, 0.15) is 17.8 Å². The van der Waals surface area contributed by atoms with E-state index in [1.165, 1.54) is 7.11 Å². The van der Waals surface area contributed by atoms with Crippen LogP contribution in [-0.2, 0) is 14.3 Å². The SMILES string of the molecule is CCOC(=O)[C@H]1Oc2cccc(OC)c2C=C1C=O. The normalized spacial score (nSPS) is 16.7. The molecule has 2 rings (SSSR count). The van der Waals surface area contributed by atoms with E-state index < -0.39 is 12.1 Å². The van der Waals surface area contributed by atoms with E-state index in [1.54, 1.807) is 31.2 Å². The summed E-state index contributed by atoms with van der Waals surface area (Å²) in [4.78, 5) is 22.8. The zero-order chi connectivity index (χ0) is 13.8. The molecule has 0 amide bonds. The van der Waals surface area contributed by atoms with Gasteiger partial charge in [0.05, 0.1) is 19.3 Å². The maximum atomic E-state index is 11.8. The Labute approximate surface area is 110 Å². The molecule has 0 N–H and O–H groups in total. The summed E-state index contributed by atoms with van der Waals surface area (Å²) in [6, 6.07) is 5.22. The molecular formula is C14H14O5. The van der Waals surface area contributed by atoms with Gasteiger partial charge in [-0.05, 0) is 25.1 Å². The van der Waals surface area contributed by atoms with E-state index in [4.69, 9.17) is 14.2 Å². The summed E-state index contributed by atoms with van der Waals surface area (Å²) in [6.07, 6.45) is 1.17. The number of methoxy groups -OCH3 is 1. The summed E-state index contributed by atoms with van der Waals surface area (Å²) in [7, 11) is 1.53. The van der Waals surface area contributed by atoms with Crippen molar-refractivity contribution in [1.29, 1.82) is 0 Å². The van der Waals surface area contributed by atoms with Crippen molar-refractivity contribution in [2.24, 2.45) is 0 Å². The van der Waals surface area contributed by atoms with Gasteiger partial charge in [-0.3, -0.25) is 4.79 Å². The highest BCUT2D eigenvalue weighted by Crippen LogP contribution is 2.35. The molecular weight excluding hydrogens is 248 g/mol. The molecule has 0 saturated heterocycles. The zero-order valence-electron chi connectivity index (χ0n) is 10.7. The lowest BCUT2D eigenvalue weighted by Gasteiger charge is -2.24. The fourth-order valence-electron chi connectivity index (χ4n) is 1.88. The van der Waals surface area contributed by atoms with Crippen LogP contribution in [0, 0.1) is 0 Å². The monoisotopic (exact) mass is 262 g/mol. The van der Waals surface area contributed by atoms with Crippen LogP contribution in [-0.4, -0.2) is 32.1 Å². The first-order chi connectivity index (χ1) is 9.21. The Kier molecular flexibility index (Phi) is 3.85. The molecule has 5 heteroatoms. The second kappa shape index (κ2) is 5.56.